The highest BCUT2D eigenvalue weighted by Crippen LogP contribution is 2.37. The van der Waals surface area contributed by atoms with Gasteiger partial charge in [0.25, 0.3) is 0 Å². The van der Waals surface area contributed by atoms with Crippen LogP contribution in [0.15, 0.2) is 109 Å². The Hall–Kier alpha value is -7.08. The van der Waals surface area contributed by atoms with Crippen molar-refractivity contribution in [2.45, 2.75) is 33.6 Å². The minimum absolute atomic E-state index is 0.0690. The molecule has 0 fully saturated rings. The van der Waals surface area contributed by atoms with Gasteiger partial charge in [0.2, 0.25) is 5.95 Å². The van der Waals surface area contributed by atoms with Crippen LogP contribution in [0.4, 0.5) is 24.3 Å². The molecule has 4 aromatic carbocycles. The number of carbonyl (C=O) groups excluding carboxylic acids is 3. The first kappa shape index (κ1) is 49.6. The molecule has 5 N–H and O–H groups in total. The minimum atomic E-state index is -0.690. The standard InChI is InChI=1S/C22H21ClFN3O3.C21H20ClFN4O2.C2H4O3/c1-3-25-22(28)26-19-10-7-14(13-27(19)29)11-16-8-9-18(30-2)20(21(16)24)15-5-4-6-17(23)12-15;1-3-24-21(28)27-20-25-11-13(12-26-20)9-15-7-8-17(29-2)18(19(15)23)14-5-4-6-16(22)10-14;1-2(3)5-4/h4-10,12-13,29H,3,11H2,1-2H3,(H,25,28);4-8,10-12H,3,9H2,1-2H3,(H2,24,25,26,27,28);4H,1H3. The number of nitrogens with one attached hydrogen (secondary N) is 3. The summed E-state index contributed by atoms with van der Waals surface area (Å²) < 4.78 is 42.2. The van der Waals surface area contributed by atoms with Crippen molar-refractivity contribution < 1.29 is 48.0 Å². The Labute approximate surface area is 377 Å². The summed E-state index contributed by atoms with van der Waals surface area (Å²) in [6.07, 6.45) is 4.99. The maximum absolute atomic E-state index is 15.4. The first-order valence-electron chi connectivity index (χ1n) is 19.3. The molecule has 6 rings (SSSR count). The molecule has 0 unspecified atom stereocenters. The van der Waals surface area contributed by atoms with E-state index in [2.05, 4.69) is 35.8 Å². The molecule has 336 valence electrons. The van der Waals surface area contributed by atoms with Crippen LogP contribution in [-0.4, -0.2) is 70.5 Å². The normalized spacial score (nSPS) is 10.6. The molecule has 64 heavy (non-hydrogen) atoms. The highest BCUT2D eigenvalue weighted by Gasteiger charge is 2.19. The van der Waals surface area contributed by atoms with Crippen LogP contribution in [0.25, 0.3) is 22.3 Å². The summed E-state index contributed by atoms with van der Waals surface area (Å²) in [5.74, 6) is -0.522. The van der Waals surface area contributed by atoms with E-state index in [1.165, 1.54) is 26.5 Å². The number of hydrogen-bond donors (Lipinski definition) is 5. The van der Waals surface area contributed by atoms with Crippen LogP contribution in [-0.2, 0) is 22.5 Å². The number of urea groups is 2. The van der Waals surface area contributed by atoms with Crippen molar-refractivity contribution >= 4 is 47.2 Å². The summed E-state index contributed by atoms with van der Waals surface area (Å²) in [4.78, 5) is 47.5. The van der Waals surface area contributed by atoms with E-state index >= 15 is 8.78 Å². The van der Waals surface area contributed by atoms with Gasteiger partial charge in [0.05, 0.1) is 25.3 Å². The quantitative estimate of drug-likeness (QED) is 0.0475. The zero-order valence-corrected chi connectivity index (χ0v) is 36.8. The summed E-state index contributed by atoms with van der Waals surface area (Å²) in [5.41, 5.74) is 4.19. The van der Waals surface area contributed by atoms with Gasteiger partial charge in [-0.2, -0.15) is 15.0 Å². The lowest BCUT2D eigenvalue weighted by atomic mass is 9.97. The second kappa shape index (κ2) is 24.5. The third-order valence-electron chi connectivity index (χ3n) is 8.73. The number of carbonyl (C=O) groups is 3. The van der Waals surface area contributed by atoms with Gasteiger partial charge in [0, 0.05) is 61.5 Å². The van der Waals surface area contributed by atoms with Crippen molar-refractivity contribution in [2.75, 3.05) is 32.6 Å². The second-order valence-corrected chi connectivity index (χ2v) is 14.1. The lowest BCUT2D eigenvalue weighted by molar-refractivity contribution is -0.231. The van der Waals surface area contributed by atoms with Crippen LogP contribution in [0.5, 0.6) is 11.5 Å². The zero-order chi connectivity index (χ0) is 46.8. The monoisotopic (exact) mass is 919 g/mol. The number of benzene rings is 4. The van der Waals surface area contributed by atoms with Crippen molar-refractivity contribution in [2.24, 2.45) is 4.99 Å². The van der Waals surface area contributed by atoms with Gasteiger partial charge in [-0.1, -0.05) is 65.7 Å². The second-order valence-electron chi connectivity index (χ2n) is 13.3. The van der Waals surface area contributed by atoms with E-state index in [1.807, 2.05) is 6.92 Å². The molecule has 19 heteroatoms. The van der Waals surface area contributed by atoms with Gasteiger partial charge >= 0.3 is 18.0 Å². The van der Waals surface area contributed by atoms with E-state index in [0.717, 1.165) is 11.7 Å². The maximum Gasteiger partial charge on any atom is 0.343 e. The number of rotatable bonds is 11. The van der Waals surface area contributed by atoms with Crippen LogP contribution < -0.4 is 30.9 Å². The molecule has 4 amide bonds. The van der Waals surface area contributed by atoms with Gasteiger partial charge in [0.1, 0.15) is 23.1 Å². The molecule has 0 aliphatic carbocycles. The number of pyridine rings is 1. The van der Waals surface area contributed by atoms with Gasteiger partial charge in [-0.05, 0) is 89.7 Å². The Balaban J connectivity index is 0.000000254. The average molecular weight is 921 g/mol. The molecule has 0 aliphatic heterocycles. The molecule has 2 heterocycles. The fraction of sp³-hybridized carbons (Fsp3) is 0.200. The first-order chi connectivity index (χ1) is 30.7. The van der Waals surface area contributed by atoms with Crippen molar-refractivity contribution in [3.8, 4) is 33.8 Å². The van der Waals surface area contributed by atoms with Gasteiger partial charge < -0.3 is 30.2 Å². The van der Waals surface area contributed by atoms with Gasteiger partial charge in [-0.3, -0.25) is 5.32 Å². The van der Waals surface area contributed by atoms with E-state index in [1.54, 1.807) is 98.2 Å². The third kappa shape index (κ3) is 14.2. The van der Waals surface area contributed by atoms with Crippen LogP contribution in [0.2, 0.25) is 10.0 Å². The third-order valence-corrected chi connectivity index (χ3v) is 9.20. The number of hydrogen-bond acceptors (Lipinski definition) is 10. The number of aromatic nitrogens is 3. The molecule has 0 bridgehead atoms. The van der Waals surface area contributed by atoms with E-state index in [-0.39, 0.29) is 30.3 Å². The molecular weight excluding hydrogens is 875 g/mol. The van der Waals surface area contributed by atoms with E-state index in [4.69, 9.17) is 37.9 Å². The van der Waals surface area contributed by atoms with Crippen LogP contribution in [0.1, 0.15) is 43.0 Å². The van der Waals surface area contributed by atoms with Crippen molar-refractivity contribution in [3.63, 3.8) is 0 Å². The summed E-state index contributed by atoms with van der Waals surface area (Å²) in [6, 6.07) is 22.8. The predicted octanol–water partition coefficient (Wildman–Crippen LogP) is 9.11. The number of ether oxygens (including phenoxy) is 2. The fourth-order valence-electron chi connectivity index (χ4n) is 5.91. The smallest absolute Gasteiger partial charge is 0.343 e. The van der Waals surface area contributed by atoms with Gasteiger partial charge in [-0.15, -0.1) is 0 Å². The predicted molar refractivity (Wildman–Crippen MR) is 238 cm³/mol. The fourth-order valence-corrected chi connectivity index (χ4v) is 6.29. The average Bonchev–Trinajstić information content (AvgIpc) is 3.27. The van der Waals surface area contributed by atoms with Crippen LogP contribution in [0, 0.1) is 11.6 Å². The summed E-state index contributed by atoms with van der Waals surface area (Å²) in [6.45, 7) is 5.61. The van der Waals surface area contributed by atoms with Crippen molar-refractivity contribution in [1.82, 2.24) is 25.3 Å². The molecule has 0 aliphatic rings. The zero-order valence-electron chi connectivity index (χ0n) is 35.3. The van der Waals surface area contributed by atoms with E-state index in [9.17, 15) is 19.6 Å². The lowest BCUT2D eigenvalue weighted by Crippen LogP contribution is -2.29. The number of methoxy groups -OCH3 is 2. The summed E-state index contributed by atoms with van der Waals surface area (Å²) in [5, 5.41) is 26.0. The Morgan fingerprint density at radius 2 is 1.25 bits per heavy atom. The Kier molecular flexibility index (Phi) is 19.0. The number of amides is 4. The van der Waals surface area contributed by atoms with Crippen molar-refractivity contribution in [3.05, 3.63) is 153 Å². The first-order valence-corrected chi connectivity index (χ1v) is 20.1. The highest BCUT2D eigenvalue weighted by atomic mass is 35.5. The van der Waals surface area contributed by atoms with Crippen LogP contribution >= 0.6 is 23.2 Å². The molecule has 0 saturated heterocycles. The Morgan fingerprint density at radius 1 is 0.750 bits per heavy atom. The van der Waals surface area contributed by atoms with Crippen molar-refractivity contribution in [1.29, 1.82) is 0 Å². The van der Waals surface area contributed by atoms with Gasteiger partial charge in [-0.25, -0.2) is 33.1 Å². The molecule has 0 radical (unpaired) electrons. The Morgan fingerprint density at radius 3 is 1.69 bits per heavy atom. The lowest BCUT2D eigenvalue weighted by Gasteiger charge is -2.14. The molecule has 2 aromatic heterocycles. The molecule has 15 nitrogen and oxygen atoms in total. The highest BCUT2D eigenvalue weighted by molar-refractivity contribution is 6.31. The largest absolute Gasteiger partial charge is 0.496 e. The number of halogens is 4. The maximum atomic E-state index is 15.4. The SMILES string of the molecule is CC(=O)OO.CCNC(=O)N=c1ccc(Cc2ccc(OC)c(-c3cccc(Cl)c3)c2F)cn1O.CCNC(=O)Nc1ncc(Cc2ccc(OC)c(-c3cccc(Cl)c3)c2F)cn1. The molecule has 6 aromatic rings. The minimum Gasteiger partial charge on any atom is -0.496 e. The molecule has 0 spiro atoms. The Bertz CT molecular complexity index is 2630. The van der Waals surface area contributed by atoms with Crippen LogP contribution in [0.3, 0.4) is 0 Å². The van der Waals surface area contributed by atoms with E-state index < -0.39 is 23.6 Å². The number of anilines is 1. The summed E-state index contributed by atoms with van der Waals surface area (Å²) in [7, 11) is 2.98. The summed E-state index contributed by atoms with van der Waals surface area (Å²) >= 11 is 12.1. The number of nitrogens with zero attached hydrogens (tertiary/aromatic N) is 4. The molecule has 0 saturated carbocycles. The molecule has 0 atom stereocenters. The molecular formula is C45H45Cl2F2N7O8. The van der Waals surface area contributed by atoms with E-state index in [0.29, 0.717) is 79.1 Å². The topological polar surface area (TPSA) is 199 Å². The van der Waals surface area contributed by atoms with Gasteiger partial charge in [0.15, 0.2) is 5.49 Å².